The molecule has 1 aromatic carbocycles. The molecule has 1 amide bonds. The van der Waals surface area contributed by atoms with Crippen LogP contribution in [0.4, 0.5) is 0 Å². The number of aliphatic hydroxyl groups is 2. The van der Waals surface area contributed by atoms with Gasteiger partial charge in [0.15, 0.2) is 0 Å². The van der Waals surface area contributed by atoms with Crippen molar-refractivity contribution in [2.45, 2.75) is 32.0 Å². The van der Waals surface area contributed by atoms with Gasteiger partial charge in [0.05, 0.1) is 12.7 Å². The first-order chi connectivity index (χ1) is 13.1. The molecule has 0 spiro atoms. The van der Waals surface area contributed by atoms with E-state index in [-0.39, 0.29) is 24.7 Å². The van der Waals surface area contributed by atoms with Crippen molar-refractivity contribution in [3.8, 4) is 5.75 Å². The van der Waals surface area contributed by atoms with Crippen molar-refractivity contribution in [2.24, 2.45) is 0 Å². The lowest BCUT2D eigenvalue weighted by Crippen LogP contribution is -2.54. The van der Waals surface area contributed by atoms with Crippen molar-refractivity contribution < 1.29 is 19.7 Å². The zero-order valence-electron chi connectivity index (χ0n) is 16.1. The van der Waals surface area contributed by atoms with E-state index in [1.165, 1.54) is 5.56 Å². The number of hydrogen-bond donors (Lipinski definition) is 2. The molecule has 0 unspecified atom stereocenters. The van der Waals surface area contributed by atoms with Crippen LogP contribution in [-0.2, 0) is 11.3 Å². The predicted molar refractivity (Wildman–Crippen MR) is 103 cm³/mol. The van der Waals surface area contributed by atoms with Crippen LogP contribution >= 0.6 is 0 Å². The number of hydrogen-bond acceptors (Lipinski definition) is 6. The van der Waals surface area contributed by atoms with E-state index >= 15 is 0 Å². The summed E-state index contributed by atoms with van der Waals surface area (Å²) in [6.45, 7) is 7.74. The van der Waals surface area contributed by atoms with E-state index in [1.807, 2.05) is 17.0 Å². The quantitative estimate of drug-likeness (QED) is 0.659. The minimum absolute atomic E-state index is 0.132. The predicted octanol–water partition coefficient (Wildman–Crippen LogP) is 0.157. The Labute approximate surface area is 161 Å². The highest BCUT2D eigenvalue weighted by Gasteiger charge is 2.36. The molecule has 3 rings (SSSR count). The summed E-state index contributed by atoms with van der Waals surface area (Å²) in [5.74, 6) is 0.946. The monoisotopic (exact) mass is 377 g/mol. The van der Waals surface area contributed by atoms with E-state index in [4.69, 9.17) is 9.84 Å². The molecule has 7 nitrogen and oxygen atoms in total. The first kappa shape index (κ1) is 20.1. The molecule has 0 saturated carbocycles. The van der Waals surface area contributed by atoms with Gasteiger partial charge >= 0.3 is 0 Å². The minimum atomic E-state index is -0.352. The third kappa shape index (κ3) is 5.42. The van der Waals surface area contributed by atoms with Gasteiger partial charge in [-0.05, 0) is 17.7 Å². The Bertz CT molecular complexity index is 602. The molecule has 0 radical (unpaired) electrons. The molecule has 0 aliphatic carbocycles. The Morgan fingerprint density at radius 1 is 1.15 bits per heavy atom. The Kier molecular flexibility index (Phi) is 7.07. The van der Waals surface area contributed by atoms with E-state index < -0.39 is 0 Å². The van der Waals surface area contributed by atoms with Gasteiger partial charge in [0.2, 0.25) is 5.91 Å². The molecular weight excluding hydrogens is 346 g/mol. The highest BCUT2D eigenvalue weighted by Crippen LogP contribution is 2.21. The summed E-state index contributed by atoms with van der Waals surface area (Å²) in [6.07, 6.45) is 0.283. The van der Waals surface area contributed by atoms with Crippen molar-refractivity contribution in [3.05, 3.63) is 29.8 Å². The van der Waals surface area contributed by atoms with Gasteiger partial charge in [-0.1, -0.05) is 12.1 Å². The minimum Gasteiger partial charge on any atom is -0.494 e. The number of nitrogens with zero attached hydrogens (tertiary/aromatic N) is 3. The molecule has 0 bridgehead atoms. The van der Waals surface area contributed by atoms with Crippen molar-refractivity contribution in [3.63, 3.8) is 0 Å². The fourth-order valence-electron chi connectivity index (χ4n) is 3.91. The zero-order valence-corrected chi connectivity index (χ0v) is 16.1. The van der Waals surface area contributed by atoms with Gasteiger partial charge in [0, 0.05) is 71.8 Å². The number of carbonyl (C=O) groups is 1. The fourth-order valence-corrected chi connectivity index (χ4v) is 3.91. The maximum absolute atomic E-state index is 11.5. The van der Waals surface area contributed by atoms with E-state index in [9.17, 15) is 9.90 Å². The van der Waals surface area contributed by atoms with Gasteiger partial charge in [0.1, 0.15) is 5.75 Å². The van der Waals surface area contributed by atoms with Crippen LogP contribution in [0, 0.1) is 0 Å². The number of piperazine rings is 1. The van der Waals surface area contributed by atoms with Gasteiger partial charge in [-0.2, -0.15) is 0 Å². The molecule has 0 aromatic heterocycles. The normalized spacial score (nSPS) is 24.3. The van der Waals surface area contributed by atoms with Crippen molar-refractivity contribution >= 4 is 5.91 Å². The number of ether oxygens (including phenoxy) is 1. The number of aliphatic hydroxyl groups excluding tert-OH is 2. The lowest BCUT2D eigenvalue weighted by Gasteiger charge is -2.38. The van der Waals surface area contributed by atoms with E-state index in [0.717, 1.165) is 45.0 Å². The maximum atomic E-state index is 11.5. The molecule has 27 heavy (non-hydrogen) atoms. The van der Waals surface area contributed by atoms with Crippen LogP contribution in [0.15, 0.2) is 24.3 Å². The summed E-state index contributed by atoms with van der Waals surface area (Å²) in [4.78, 5) is 18.0. The second-order valence-corrected chi connectivity index (χ2v) is 7.44. The molecular formula is C20H31N3O4. The van der Waals surface area contributed by atoms with Crippen LogP contribution in [0.3, 0.4) is 0 Å². The molecule has 2 saturated heterocycles. The van der Waals surface area contributed by atoms with Gasteiger partial charge in [-0.3, -0.25) is 14.6 Å². The topological polar surface area (TPSA) is 76.5 Å². The lowest BCUT2D eigenvalue weighted by atomic mass is 10.1. The van der Waals surface area contributed by atoms with Crippen LogP contribution < -0.4 is 4.74 Å². The van der Waals surface area contributed by atoms with Gasteiger partial charge in [-0.25, -0.2) is 0 Å². The number of likely N-dealkylation sites (tertiary alicyclic amines) is 1. The number of rotatable bonds is 7. The average molecular weight is 377 g/mol. The highest BCUT2D eigenvalue weighted by atomic mass is 16.5. The van der Waals surface area contributed by atoms with Crippen LogP contribution in [0.25, 0.3) is 0 Å². The molecule has 150 valence electrons. The van der Waals surface area contributed by atoms with Crippen LogP contribution in [0.5, 0.6) is 5.75 Å². The van der Waals surface area contributed by atoms with Crippen molar-refractivity contribution in [2.75, 3.05) is 52.5 Å². The van der Waals surface area contributed by atoms with Gasteiger partial charge < -0.3 is 19.8 Å². The SMILES string of the molecule is CC(=O)N1CCN([C@H]2CN(Cc3ccc(OCCCO)cc3)C[C@@H]2O)CC1. The smallest absolute Gasteiger partial charge is 0.219 e. The standard InChI is InChI=1S/C20H31N3O4/c1-16(25)22-7-9-23(10-8-22)19-14-21(15-20(19)26)13-17-3-5-18(6-4-17)27-12-2-11-24/h3-6,19-20,24,26H,2,7-15H2,1H3/t19-,20-/m0/s1. The first-order valence-corrected chi connectivity index (χ1v) is 9.79. The number of β-amino-alcohol motifs (C(OH)–C–C–N with tert-alkyl or cyclic N) is 1. The fraction of sp³-hybridized carbons (Fsp3) is 0.650. The Hall–Kier alpha value is -1.67. The molecule has 2 fully saturated rings. The van der Waals surface area contributed by atoms with Crippen LogP contribution in [-0.4, -0.2) is 95.4 Å². The van der Waals surface area contributed by atoms with Crippen molar-refractivity contribution in [1.82, 2.24) is 14.7 Å². The van der Waals surface area contributed by atoms with Crippen LogP contribution in [0.2, 0.25) is 0 Å². The molecule has 1 aromatic rings. The van der Waals surface area contributed by atoms with E-state index in [0.29, 0.717) is 19.6 Å². The van der Waals surface area contributed by atoms with E-state index in [2.05, 4.69) is 21.9 Å². The Balaban J connectivity index is 1.48. The third-order valence-electron chi connectivity index (χ3n) is 5.46. The van der Waals surface area contributed by atoms with Gasteiger partial charge in [0.25, 0.3) is 0 Å². The molecule has 2 aliphatic heterocycles. The number of amides is 1. The van der Waals surface area contributed by atoms with Gasteiger partial charge in [-0.15, -0.1) is 0 Å². The summed E-state index contributed by atoms with van der Waals surface area (Å²) in [5, 5.41) is 19.3. The Morgan fingerprint density at radius 3 is 2.48 bits per heavy atom. The largest absolute Gasteiger partial charge is 0.494 e. The number of carbonyl (C=O) groups excluding carboxylic acids is 1. The summed E-state index contributed by atoms with van der Waals surface area (Å²) in [7, 11) is 0. The molecule has 2 atom stereocenters. The highest BCUT2D eigenvalue weighted by molar-refractivity contribution is 5.73. The second kappa shape index (κ2) is 9.50. The summed E-state index contributed by atoms with van der Waals surface area (Å²) in [6, 6.07) is 8.16. The molecule has 2 aliphatic rings. The maximum Gasteiger partial charge on any atom is 0.219 e. The molecule has 2 heterocycles. The van der Waals surface area contributed by atoms with Crippen LogP contribution in [0.1, 0.15) is 18.9 Å². The first-order valence-electron chi connectivity index (χ1n) is 9.79. The zero-order chi connectivity index (χ0) is 19.2. The third-order valence-corrected chi connectivity index (χ3v) is 5.46. The Morgan fingerprint density at radius 2 is 1.85 bits per heavy atom. The summed E-state index contributed by atoms with van der Waals surface area (Å²) < 4.78 is 5.56. The lowest BCUT2D eigenvalue weighted by molar-refractivity contribution is -0.131. The summed E-state index contributed by atoms with van der Waals surface area (Å²) >= 11 is 0. The van der Waals surface area contributed by atoms with E-state index in [1.54, 1.807) is 6.92 Å². The second-order valence-electron chi connectivity index (χ2n) is 7.44. The number of benzene rings is 1. The molecule has 7 heteroatoms. The van der Waals surface area contributed by atoms with Crippen molar-refractivity contribution in [1.29, 1.82) is 0 Å². The summed E-state index contributed by atoms with van der Waals surface area (Å²) in [5.41, 5.74) is 1.19. The molecule has 2 N–H and O–H groups in total. The average Bonchev–Trinajstić information content (AvgIpc) is 3.03.